The van der Waals surface area contributed by atoms with E-state index in [1.54, 1.807) is 12.1 Å². The maximum absolute atomic E-state index is 12.5. The highest BCUT2D eigenvalue weighted by atomic mass is 35.5. The summed E-state index contributed by atoms with van der Waals surface area (Å²) in [6, 6.07) is 14.3. The summed E-state index contributed by atoms with van der Waals surface area (Å²) in [5.41, 5.74) is 0.147. The zero-order valence-corrected chi connectivity index (χ0v) is 21.6. The highest BCUT2D eigenvalue weighted by molar-refractivity contribution is 7.92. The number of para-hydroxylation sites is 1. The third-order valence-electron chi connectivity index (χ3n) is 4.42. The Balaban J connectivity index is 1.66. The average Bonchev–Trinajstić information content (AvgIpc) is 3.33. The predicted octanol–water partition coefficient (Wildman–Crippen LogP) is 4.00. The molecule has 0 aliphatic rings. The van der Waals surface area contributed by atoms with Gasteiger partial charge in [-0.05, 0) is 35.9 Å². The normalized spacial score (nSPS) is 11.4. The highest BCUT2D eigenvalue weighted by Gasteiger charge is 2.18. The minimum atomic E-state index is -3.57. The van der Waals surface area contributed by atoms with Gasteiger partial charge in [-0.1, -0.05) is 41.1 Å². The smallest absolute Gasteiger partial charge is 0.268 e. The summed E-state index contributed by atoms with van der Waals surface area (Å²) in [7, 11) is -2.12. The Labute approximate surface area is 217 Å². The van der Waals surface area contributed by atoms with Crippen LogP contribution in [0.3, 0.4) is 0 Å². The van der Waals surface area contributed by atoms with Gasteiger partial charge in [0.2, 0.25) is 19.3 Å². The minimum absolute atomic E-state index is 0.0582. The molecule has 0 aliphatic carbocycles. The molecule has 0 bridgehead atoms. The number of carbonyl (C=O) groups is 1. The van der Waals surface area contributed by atoms with Crippen molar-refractivity contribution < 1.29 is 27.4 Å². The van der Waals surface area contributed by atoms with Crippen molar-refractivity contribution in [2.75, 3.05) is 31.9 Å². The Hall–Kier alpha value is -3.66. The number of rotatable bonds is 11. The first kappa shape index (κ1) is 26.9. The molecular formula is C23H21ClN4O6S2. The van der Waals surface area contributed by atoms with E-state index in [0.717, 1.165) is 12.0 Å². The first-order valence-electron chi connectivity index (χ1n) is 10.4. The number of methoxy groups -OCH3 is 1. The number of halogens is 1. The molecule has 1 heterocycles. The van der Waals surface area contributed by atoms with E-state index in [2.05, 4.69) is 15.5 Å². The molecule has 3 rings (SSSR count). The van der Waals surface area contributed by atoms with Gasteiger partial charge in [-0.25, -0.2) is 8.42 Å². The van der Waals surface area contributed by atoms with Crippen LogP contribution >= 0.6 is 22.9 Å². The molecule has 36 heavy (non-hydrogen) atoms. The zero-order valence-electron chi connectivity index (χ0n) is 19.2. The quantitative estimate of drug-likeness (QED) is 0.163. The first-order chi connectivity index (χ1) is 17.2. The Morgan fingerprint density at radius 2 is 1.92 bits per heavy atom. The number of sulfone groups is 1. The Morgan fingerprint density at radius 3 is 2.56 bits per heavy atom. The molecule has 0 saturated heterocycles. The largest absolute Gasteiger partial charge is 0.493 e. The van der Waals surface area contributed by atoms with Crippen LogP contribution in [0.1, 0.15) is 12.0 Å². The van der Waals surface area contributed by atoms with Gasteiger partial charge in [0.15, 0.2) is 11.5 Å². The van der Waals surface area contributed by atoms with E-state index < -0.39 is 15.7 Å². The van der Waals surface area contributed by atoms with Crippen LogP contribution in [0.5, 0.6) is 17.2 Å². The van der Waals surface area contributed by atoms with Crippen LogP contribution in [-0.4, -0.2) is 51.1 Å². The molecular weight excluding hydrogens is 528 g/mol. The molecule has 0 atom stereocenters. The third-order valence-corrected chi connectivity index (χ3v) is 7.21. The number of anilines is 1. The molecule has 0 unspecified atom stereocenters. The standard InChI is InChI=1S/C23H21ClN4O6S2/c1-32-19-13-15(11-16(14-25)21(29)26-22-27-28-23(35-22)36(2,30)31)12-18(24)20(19)34-10-6-9-33-17-7-4-3-5-8-17/h3-5,7-8,11-13H,6,9-10H2,1-2H3,(H,26,27,29). The predicted molar refractivity (Wildman–Crippen MR) is 135 cm³/mol. The van der Waals surface area contributed by atoms with Crippen LogP contribution in [-0.2, 0) is 14.6 Å². The summed E-state index contributed by atoms with van der Waals surface area (Å²) in [6.07, 6.45) is 2.88. The molecule has 3 aromatic rings. The summed E-state index contributed by atoms with van der Waals surface area (Å²) in [5, 5.41) is 19.1. The number of nitrogens with one attached hydrogen (secondary N) is 1. The number of carbonyl (C=O) groups excluding carboxylic acids is 1. The van der Waals surface area contributed by atoms with Crippen LogP contribution < -0.4 is 19.5 Å². The Bertz CT molecular complexity index is 1400. The van der Waals surface area contributed by atoms with E-state index in [4.69, 9.17) is 25.8 Å². The number of aromatic nitrogens is 2. The van der Waals surface area contributed by atoms with Crippen molar-refractivity contribution in [2.45, 2.75) is 10.8 Å². The van der Waals surface area contributed by atoms with Crippen molar-refractivity contribution in [3.63, 3.8) is 0 Å². The highest BCUT2D eigenvalue weighted by Crippen LogP contribution is 2.37. The van der Waals surface area contributed by atoms with Gasteiger partial charge in [0.1, 0.15) is 17.4 Å². The second kappa shape index (κ2) is 12.3. The fourth-order valence-electron chi connectivity index (χ4n) is 2.79. The number of benzene rings is 2. The monoisotopic (exact) mass is 548 g/mol. The second-order valence-corrected chi connectivity index (χ2v) is 10.7. The van der Waals surface area contributed by atoms with E-state index >= 15 is 0 Å². The van der Waals surface area contributed by atoms with Crippen molar-refractivity contribution >= 4 is 49.9 Å². The summed E-state index contributed by atoms with van der Waals surface area (Å²) in [4.78, 5) is 12.5. The minimum Gasteiger partial charge on any atom is -0.493 e. The lowest BCUT2D eigenvalue weighted by molar-refractivity contribution is -0.112. The molecule has 1 amide bonds. The first-order valence-corrected chi connectivity index (χ1v) is 13.4. The van der Waals surface area contributed by atoms with Crippen LogP contribution in [0.15, 0.2) is 52.4 Å². The van der Waals surface area contributed by atoms with Crippen LogP contribution in [0.4, 0.5) is 5.13 Å². The second-order valence-electron chi connectivity index (χ2n) is 7.17. The van der Waals surface area contributed by atoms with Gasteiger partial charge in [-0.15, -0.1) is 10.2 Å². The van der Waals surface area contributed by atoms with Crippen molar-refractivity contribution in [1.29, 1.82) is 5.26 Å². The maximum atomic E-state index is 12.5. The summed E-state index contributed by atoms with van der Waals surface area (Å²) < 4.78 is 39.6. The van der Waals surface area contributed by atoms with Gasteiger partial charge < -0.3 is 14.2 Å². The molecule has 0 spiro atoms. The average molecular weight is 549 g/mol. The molecule has 0 saturated carbocycles. The SMILES string of the molecule is COc1cc(C=C(C#N)C(=O)Nc2nnc(S(C)(=O)=O)s2)cc(Cl)c1OCCCOc1ccccc1. The van der Waals surface area contributed by atoms with Crippen molar-refractivity contribution in [3.8, 4) is 23.3 Å². The summed E-state index contributed by atoms with van der Waals surface area (Å²) >= 11 is 7.06. The molecule has 1 aromatic heterocycles. The number of hydrogen-bond donors (Lipinski definition) is 1. The van der Waals surface area contributed by atoms with Crippen molar-refractivity contribution in [2.24, 2.45) is 0 Å². The Morgan fingerprint density at radius 1 is 1.19 bits per heavy atom. The molecule has 0 fully saturated rings. The van der Waals surface area contributed by atoms with E-state index in [-0.39, 0.29) is 20.1 Å². The fourth-order valence-corrected chi connectivity index (χ4v) is 4.57. The Kier molecular flexibility index (Phi) is 9.24. The molecule has 1 N–H and O–H groups in total. The molecule has 2 aromatic carbocycles. The summed E-state index contributed by atoms with van der Waals surface area (Å²) in [5.74, 6) is 0.615. The molecule has 13 heteroatoms. The zero-order chi connectivity index (χ0) is 26.1. The number of hydrogen-bond acceptors (Lipinski definition) is 10. The number of nitrogens with zero attached hydrogens (tertiary/aromatic N) is 3. The number of ether oxygens (including phenoxy) is 3. The number of nitriles is 1. The van der Waals surface area contributed by atoms with Gasteiger partial charge in [0.25, 0.3) is 5.91 Å². The van der Waals surface area contributed by atoms with Crippen LogP contribution in [0.2, 0.25) is 5.02 Å². The fraction of sp³-hybridized carbons (Fsp3) is 0.217. The lowest BCUT2D eigenvalue weighted by atomic mass is 10.1. The van der Waals surface area contributed by atoms with Crippen LogP contribution in [0, 0.1) is 11.3 Å². The lowest BCUT2D eigenvalue weighted by Crippen LogP contribution is -2.13. The van der Waals surface area contributed by atoms with E-state index in [9.17, 15) is 18.5 Å². The van der Waals surface area contributed by atoms with Gasteiger partial charge in [-0.3, -0.25) is 10.1 Å². The molecule has 10 nitrogen and oxygen atoms in total. The molecule has 188 valence electrons. The van der Waals surface area contributed by atoms with E-state index in [1.807, 2.05) is 30.3 Å². The van der Waals surface area contributed by atoms with E-state index in [1.165, 1.54) is 19.3 Å². The van der Waals surface area contributed by atoms with Crippen LogP contribution in [0.25, 0.3) is 6.08 Å². The number of amides is 1. The van der Waals surface area contributed by atoms with Crippen molar-refractivity contribution in [3.05, 3.63) is 58.6 Å². The van der Waals surface area contributed by atoms with Gasteiger partial charge >= 0.3 is 0 Å². The van der Waals surface area contributed by atoms with Gasteiger partial charge in [0, 0.05) is 12.7 Å². The topological polar surface area (TPSA) is 140 Å². The molecule has 0 aliphatic heterocycles. The summed E-state index contributed by atoms with van der Waals surface area (Å²) in [6.45, 7) is 0.771. The van der Waals surface area contributed by atoms with Gasteiger partial charge in [-0.2, -0.15) is 5.26 Å². The molecule has 0 radical (unpaired) electrons. The maximum Gasteiger partial charge on any atom is 0.268 e. The lowest BCUT2D eigenvalue weighted by Gasteiger charge is -2.14. The van der Waals surface area contributed by atoms with Crippen molar-refractivity contribution in [1.82, 2.24) is 10.2 Å². The van der Waals surface area contributed by atoms with E-state index in [0.29, 0.717) is 48.0 Å². The van der Waals surface area contributed by atoms with Gasteiger partial charge in [0.05, 0.1) is 25.3 Å². The third kappa shape index (κ3) is 7.42.